The maximum Gasteiger partial charge on any atom is 0.372 e. The second kappa shape index (κ2) is 8.10. The molecule has 0 saturated carbocycles. The van der Waals surface area contributed by atoms with Crippen LogP contribution >= 0.6 is 0 Å². The van der Waals surface area contributed by atoms with E-state index in [2.05, 4.69) is 30.7 Å². The van der Waals surface area contributed by atoms with Crippen molar-refractivity contribution in [2.45, 2.75) is 51.6 Å². The molecule has 0 spiro atoms. The Labute approximate surface area is 144 Å². The van der Waals surface area contributed by atoms with Crippen molar-refractivity contribution < 1.29 is 20.0 Å². The zero-order chi connectivity index (χ0) is 17.7. The minimum atomic E-state index is -0.805. The monoisotopic (exact) mass is 335 g/mol. The van der Waals surface area contributed by atoms with Gasteiger partial charge in [-0.05, 0) is 80.4 Å². The van der Waals surface area contributed by atoms with Crippen LogP contribution in [0.5, 0.6) is 0 Å². The Hall–Kier alpha value is -1.43. The van der Waals surface area contributed by atoms with Crippen LogP contribution in [0.4, 0.5) is 0 Å². The SMILES string of the molecule is CN1CCC(CCC(C)(C)c2ccc(C(=O)OO)cc2CO)CC1. The summed E-state index contributed by atoms with van der Waals surface area (Å²) >= 11 is 0. The van der Waals surface area contributed by atoms with Crippen LogP contribution in [0.15, 0.2) is 18.2 Å². The molecule has 0 bridgehead atoms. The standard InChI is InChI=1S/C19H29NO4/c1-19(2,9-6-14-7-10-20(3)11-8-14)17-5-4-15(18(22)24-23)12-16(17)13-21/h4-5,12,14,21,23H,6-11,13H2,1-3H3. The van der Waals surface area contributed by atoms with Crippen LogP contribution in [-0.2, 0) is 16.9 Å². The second-order valence-electron chi connectivity index (χ2n) is 7.58. The second-order valence-corrected chi connectivity index (χ2v) is 7.58. The number of likely N-dealkylation sites (tertiary alicyclic amines) is 1. The average Bonchev–Trinajstić information content (AvgIpc) is 2.60. The molecular weight excluding hydrogens is 306 g/mol. The highest BCUT2D eigenvalue weighted by Crippen LogP contribution is 2.35. The molecule has 1 aliphatic rings. The highest BCUT2D eigenvalue weighted by atomic mass is 17.1. The summed E-state index contributed by atoms with van der Waals surface area (Å²) in [6.07, 6.45) is 4.71. The van der Waals surface area contributed by atoms with E-state index < -0.39 is 5.97 Å². The number of hydrogen-bond acceptors (Lipinski definition) is 5. The number of aliphatic hydroxyl groups is 1. The summed E-state index contributed by atoms with van der Waals surface area (Å²) in [7, 11) is 2.17. The van der Waals surface area contributed by atoms with Gasteiger partial charge in [-0.15, -0.1) is 0 Å². The van der Waals surface area contributed by atoms with Gasteiger partial charge in [-0.1, -0.05) is 19.9 Å². The van der Waals surface area contributed by atoms with Gasteiger partial charge in [0.15, 0.2) is 0 Å². The van der Waals surface area contributed by atoms with Gasteiger partial charge in [0.05, 0.1) is 12.2 Å². The summed E-state index contributed by atoms with van der Waals surface area (Å²) in [4.78, 5) is 17.6. The number of hydrogen-bond donors (Lipinski definition) is 2. The van der Waals surface area contributed by atoms with Gasteiger partial charge in [-0.2, -0.15) is 5.26 Å². The Kier molecular flexibility index (Phi) is 6.38. The zero-order valence-electron chi connectivity index (χ0n) is 14.9. The van der Waals surface area contributed by atoms with E-state index in [1.54, 1.807) is 12.1 Å². The van der Waals surface area contributed by atoms with E-state index in [9.17, 15) is 9.90 Å². The number of aliphatic hydroxyl groups excluding tert-OH is 1. The summed E-state index contributed by atoms with van der Waals surface area (Å²) in [5.41, 5.74) is 1.93. The van der Waals surface area contributed by atoms with Crippen LogP contribution in [0, 0.1) is 5.92 Å². The fourth-order valence-electron chi connectivity index (χ4n) is 3.61. The van der Waals surface area contributed by atoms with E-state index in [-0.39, 0.29) is 17.6 Å². The molecule has 1 saturated heterocycles. The minimum Gasteiger partial charge on any atom is -0.392 e. The predicted molar refractivity (Wildman–Crippen MR) is 92.9 cm³/mol. The van der Waals surface area contributed by atoms with Gasteiger partial charge in [0.1, 0.15) is 0 Å². The first kappa shape index (κ1) is 18.9. The summed E-state index contributed by atoms with van der Waals surface area (Å²) in [5.74, 6) is -0.0397. The van der Waals surface area contributed by atoms with Gasteiger partial charge >= 0.3 is 5.97 Å². The Morgan fingerprint density at radius 2 is 2.00 bits per heavy atom. The molecule has 1 aromatic rings. The molecule has 2 rings (SSSR count). The summed E-state index contributed by atoms with van der Waals surface area (Å²) < 4.78 is 0. The van der Waals surface area contributed by atoms with Gasteiger partial charge in [0, 0.05) is 0 Å². The zero-order valence-corrected chi connectivity index (χ0v) is 14.9. The topological polar surface area (TPSA) is 70.0 Å². The molecule has 1 heterocycles. The van der Waals surface area contributed by atoms with Crippen molar-refractivity contribution in [1.82, 2.24) is 4.90 Å². The Morgan fingerprint density at radius 1 is 1.33 bits per heavy atom. The first-order valence-corrected chi connectivity index (χ1v) is 8.66. The summed E-state index contributed by atoms with van der Waals surface area (Å²) in [6, 6.07) is 5.11. The predicted octanol–water partition coefficient (Wildman–Crippen LogP) is 3.21. The maximum atomic E-state index is 11.4. The van der Waals surface area contributed by atoms with Crippen molar-refractivity contribution in [2.75, 3.05) is 20.1 Å². The lowest BCUT2D eigenvalue weighted by atomic mass is 9.75. The number of benzene rings is 1. The fourth-order valence-corrected chi connectivity index (χ4v) is 3.61. The summed E-state index contributed by atoms with van der Waals surface area (Å²) in [5, 5.41) is 18.2. The van der Waals surface area contributed by atoms with Crippen molar-refractivity contribution in [1.29, 1.82) is 0 Å². The van der Waals surface area contributed by atoms with E-state index in [0.29, 0.717) is 5.56 Å². The molecule has 1 fully saturated rings. The molecule has 0 amide bonds. The number of piperidine rings is 1. The molecule has 1 aromatic carbocycles. The van der Waals surface area contributed by atoms with Crippen molar-refractivity contribution in [3.8, 4) is 0 Å². The normalized spacial score (nSPS) is 17.0. The molecule has 0 atom stereocenters. The third-order valence-corrected chi connectivity index (χ3v) is 5.34. The van der Waals surface area contributed by atoms with Gasteiger partial charge in [-0.3, -0.25) is 4.89 Å². The third-order valence-electron chi connectivity index (χ3n) is 5.34. The van der Waals surface area contributed by atoms with Crippen molar-refractivity contribution in [3.05, 3.63) is 34.9 Å². The van der Waals surface area contributed by atoms with Crippen molar-refractivity contribution in [3.63, 3.8) is 0 Å². The fraction of sp³-hybridized carbons (Fsp3) is 0.632. The molecule has 5 heteroatoms. The number of nitrogens with zero attached hydrogens (tertiary/aromatic N) is 1. The van der Waals surface area contributed by atoms with Gasteiger partial charge < -0.3 is 10.0 Å². The lowest BCUT2D eigenvalue weighted by Crippen LogP contribution is -2.31. The number of rotatable bonds is 6. The Bertz CT molecular complexity index is 562. The van der Waals surface area contributed by atoms with Crippen LogP contribution in [0.1, 0.15) is 61.0 Å². The van der Waals surface area contributed by atoms with E-state index >= 15 is 0 Å². The quantitative estimate of drug-likeness (QED) is 0.617. The van der Waals surface area contributed by atoms with Crippen LogP contribution in [0.25, 0.3) is 0 Å². The first-order valence-electron chi connectivity index (χ1n) is 8.66. The highest BCUT2D eigenvalue weighted by Gasteiger charge is 2.26. The first-order chi connectivity index (χ1) is 11.4. The van der Waals surface area contributed by atoms with Crippen molar-refractivity contribution >= 4 is 5.97 Å². The largest absolute Gasteiger partial charge is 0.392 e. The molecular formula is C19H29NO4. The molecule has 1 aliphatic heterocycles. The van der Waals surface area contributed by atoms with Crippen molar-refractivity contribution in [2.24, 2.45) is 5.92 Å². The van der Waals surface area contributed by atoms with E-state index in [4.69, 9.17) is 5.26 Å². The summed E-state index contributed by atoms with van der Waals surface area (Å²) in [6.45, 7) is 6.57. The van der Waals surface area contributed by atoms with Gasteiger partial charge in [0.2, 0.25) is 0 Å². The molecule has 0 aliphatic carbocycles. The highest BCUT2D eigenvalue weighted by molar-refractivity contribution is 5.89. The number of carbonyl (C=O) groups is 1. The molecule has 0 radical (unpaired) electrons. The van der Waals surface area contributed by atoms with Crippen LogP contribution in [-0.4, -0.2) is 41.4 Å². The Balaban J connectivity index is 2.08. The van der Waals surface area contributed by atoms with Gasteiger partial charge in [0.25, 0.3) is 0 Å². The molecule has 5 nitrogen and oxygen atoms in total. The smallest absolute Gasteiger partial charge is 0.372 e. The molecule has 24 heavy (non-hydrogen) atoms. The van der Waals surface area contributed by atoms with Crippen LogP contribution in [0.3, 0.4) is 0 Å². The van der Waals surface area contributed by atoms with E-state index in [1.807, 2.05) is 6.07 Å². The lowest BCUT2D eigenvalue weighted by molar-refractivity contribution is -0.182. The molecule has 0 unspecified atom stereocenters. The molecule has 134 valence electrons. The molecule has 0 aromatic heterocycles. The average molecular weight is 335 g/mol. The van der Waals surface area contributed by atoms with E-state index in [0.717, 1.165) is 17.9 Å². The molecule has 2 N–H and O–H groups in total. The third kappa shape index (κ3) is 4.56. The lowest BCUT2D eigenvalue weighted by Gasteiger charge is -2.33. The van der Waals surface area contributed by atoms with E-state index in [1.165, 1.54) is 32.4 Å². The van der Waals surface area contributed by atoms with Crippen LogP contribution < -0.4 is 0 Å². The Morgan fingerprint density at radius 3 is 2.58 bits per heavy atom. The number of carbonyl (C=O) groups excluding carboxylic acids is 1. The van der Waals surface area contributed by atoms with Gasteiger partial charge in [-0.25, -0.2) is 4.79 Å². The van der Waals surface area contributed by atoms with Crippen LogP contribution in [0.2, 0.25) is 0 Å². The minimum absolute atomic E-state index is 0.0803. The maximum absolute atomic E-state index is 11.4.